The highest BCUT2D eigenvalue weighted by atomic mass is 35.5. The number of rotatable bonds is 6. The zero-order valence-electron chi connectivity index (χ0n) is 16.7. The summed E-state index contributed by atoms with van der Waals surface area (Å²) in [6, 6.07) is 10.7. The van der Waals surface area contributed by atoms with Crippen molar-refractivity contribution in [2.75, 3.05) is 43.4 Å². The normalized spacial score (nSPS) is 17.3. The van der Waals surface area contributed by atoms with Gasteiger partial charge in [0.25, 0.3) is 5.91 Å². The summed E-state index contributed by atoms with van der Waals surface area (Å²) >= 11 is 12.1. The molecule has 0 atom stereocenters. The standard InChI is InChI=1S/C23H25Cl2N3O2/c24-19-6-4-16(14-20(19)25)18-8-11-28(23(18)29)17-5-7-21(26)22(15-17)30-13-12-27-9-2-1-3-10-27/h4-8,14-15H,1-3,9-13,26H2. The van der Waals surface area contributed by atoms with Crippen LogP contribution in [0.4, 0.5) is 11.4 Å². The fourth-order valence-corrected chi connectivity index (χ4v) is 4.21. The first-order valence-corrected chi connectivity index (χ1v) is 11.0. The van der Waals surface area contributed by atoms with E-state index in [4.69, 9.17) is 33.7 Å². The molecule has 5 nitrogen and oxygen atoms in total. The second kappa shape index (κ2) is 9.29. The Labute approximate surface area is 187 Å². The minimum Gasteiger partial charge on any atom is -0.490 e. The SMILES string of the molecule is Nc1ccc(N2CC=C(c3ccc(Cl)c(Cl)c3)C2=O)cc1OCCN1CCCCC1. The minimum atomic E-state index is -0.0857. The summed E-state index contributed by atoms with van der Waals surface area (Å²) in [5.74, 6) is 0.526. The summed E-state index contributed by atoms with van der Waals surface area (Å²) in [7, 11) is 0. The smallest absolute Gasteiger partial charge is 0.258 e. The molecule has 2 aliphatic rings. The van der Waals surface area contributed by atoms with Crippen molar-refractivity contribution >= 4 is 46.1 Å². The van der Waals surface area contributed by atoms with Crippen LogP contribution in [0.5, 0.6) is 5.75 Å². The van der Waals surface area contributed by atoms with Crippen molar-refractivity contribution in [3.05, 3.63) is 58.1 Å². The van der Waals surface area contributed by atoms with Crippen LogP contribution >= 0.6 is 23.2 Å². The Balaban J connectivity index is 1.43. The fourth-order valence-electron chi connectivity index (χ4n) is 3.91. The predicted octanol–water partition coefficient (Wildman–Crippen LogP) is 4.87. The molecule has 1 fully saturated rings. The Morgan fingerprint density at radius 1 is 1.00 bits per heavy atom. The molecule has 2 aromatic rings. The number of carbonyl (C=O) groups is 1. The monoisotopic (exact) mass is 445 g/mol. The molecule has 0 spiro atoms. The molecular weight excluding hydrogens is 421 g/mol. The summed E-state index contributed by atoms with van der Waals surface area (Å²) in [6.07, 6.45) is 5.72. The number of amides is 1. The van der Waals surface area contributed by atoms with E-state index in [1.807, 2.05) is 18.2 Å². The Bertz CT molecular complexity index is 971. The van der Waals surface area contributed by atoms with Crippen molar-refractivity contribution in [1.29, 1.82) is 0 Å². The largest absolute Gasteiger partial charge is 0.490 e. The molecule has 0 aromatic heterocycles. The number of nitrogens with two attached hydrogens (primary N) is 1. The molecule has 7 heteroatoms. The summed E-state index contributed by atoms with van der Waals surface area (Å²) < 4.78 is 5.96. The van der Waals surface area contributed by atoms with Crippen molar-refractivity contribution in [1.82, 2.24) is 4.90 Å². The second-order valence-electron chi connectivity index (χ2n) is 7.64. The highest BCUT2D eigenvalue weighted by molar-refractivity contribution is 6.42. The van der Waals surface area contributed by atoms with Gasteiger partial charge in [-0.2, -0.15) is 0 Å². The van der Waals surface area contributed by atoms with Gasteiger partial charge in [-0.3, -0.25) is 9.69 Å². The lowest BCUT2D eigenvalue weighted by Gasteiger charge is -2.26. The molecule has 1 saturated heterocycles. The third kappa shape index (κ3) is 4.59. The number of halogens is 2. The molecular formula is C23H25Cl2N3O2. The van der Waals surface area contributed by atoms with E-state index in [0.29, 0.717) is 40.2 Å². The van der Waals surface area contributed by atoms with Crippen LogP contribution in [0.25, 0.3) is 5.57 Å². The third-order valence-corrected chi connectivity index (χ3v) is 6.35. The number of benzene rings is 2. The van der Waals surface area contributed by atoms with Crippen molar-refractivity contribution in [3.63, 3.8) is 0 Å². The fraction of sp³-hybridized carbons (Fsp3) is 0.348. The zero-order chi connectivity index (χ0) is 21.1. The van der Waals surface area contributed by atoms with Crippen molar-refractivity contribution < 1.29 is 9.53 Å². The van der Waals surface area contributed by atoms with Crippen LogP contribution in [0, 0.1) is 0 Å². The van der Waals surface area contributed by atoms with E-state index in [-0.39, 0.29) is 5.91 Å². The topological polar surface area (TPSA) is 58.8 Å². The molecule has 0 aliphatic carbocycles. The van der Waals surface area contributed by atoms with Crippen LogP contribution in [0.1, 0.15) is 24.8 Å². The van der Waals surface area contributed by atoms with Gasteiger partial charge in [-0.15, -0.1) is 0 Å². The Kier molecular flexibility index (Phi) is 6.52. The summed E-state index contributed by atoms with van der Waals surface area (Å²) in [5.41, 5.74) is 8.80. The van der Waals surface area contributed by atoms with Crippen LogP contribution in [-0.4, -0.2) is 43.6 Å². The maximum Gasteiger partial charge on any atom is 0.258 e. The van der Waals surface area contributed by atoms with Gasteiger partial charge >= 0.3 is 0 Å². The molecule has 0 bridgehead atoms. The maximum absolute atomic E-state index is 13.0. The number of anilines is 2. The van der Waals surface area contributed by atoms with Crippen LogP contribution in [0.2, 0.25) is 10.0 Å². The number of hydrogen-bond acceptors (Lipinski definition) is 4. The van der Waals surface area contributed by atoms with Gasteiger partial charge in [-0.05, 0) is 55.8 Å². The van der Waals surface area contributed by atoms with Gasteiger partial charge < -0.3 is 15.4 Å². The molecule has 0 unspecified atom stereocenters. The highest BCUT2D eigenvalue weighted by Gasteiger charge is 2.27. The molecule has 158 valence electrons. The number of ether oxygens (including phenoxy) is 1. The number of nitrogen functional groups attached to an aromatic ring is 1. The van der Waals surface area contributed by atoms with Gasteiger partial charge in [0, 0.05) is 30.4 Å². The molecule has 1 amide bonds. The molecule has 4 rings (SSSR count). The average Bonchev–Trinajstić information content (AvgIpc) is 3.13. The van der Waals surface area contributed by atoms with Gasteiger partial charge in [0.05, 0.1) is 15.7 Å². The Morgan fingerprint density at radius 2 is 1.80 bits per heavy atom. The van der Waals surface area contributed by atoms with E-state index in [1.165, 1.54) is 19.3 Å². The van der Waals surface area contributed by atoms with E-state index >= 15 is 0 Å². The number of nitrogens with zero attached hydrogens (tertiary/aromatic N) is 2. The van der Waals surface area contributed by atoms with Crippen molar-refractivity contribution in [2.45, 2.75) is 19.3 Å². The van der Waals surface area contributed by atoms with Gasteiger partial charge in [0.15, 0.2) is 0 Å². The van der Waals surface area contributed by atoms with Gasteiger partial charge in [0.1, 0.15) is 12.4 Å². The molecule has 0 radical (unpaired) electrons. The van der Waals surface area contributed by atoms with E-state index < -0.39 is 0 Å². The summed E-state index contributed by atoms with van der Waals surface area (Å²) in [6.45, 7) is 4.20. The van der Waals surface area contributed by atoms with Gasteiger partial charge in [-0.25, -0.2) is 0 Å². The summed E-state index contributed by atoms with van der Waals surface area (Å²) in [4.78, 5) is 17.1. The first-order chi connectivity index (χ1) is 14.5. The number of piperidine rings is 1. The van der Waals surface area contributed by atoms with Crippen LogP contribution in [0.15, 0.2) is 42.5 Å². The molecule has 2 N–H and O–H groups in total. The highest BCUT2D eigenvalue weighted by Crippen LogP contribution is 2.34. The van der Waals surface area contributed by atoms with Crippen LogP contribution in [0.3, 0.4) is 0 Å². The average molecular weight is 446 g/mol. The Hall–Kier alpha value is -2.21. The second-order valence-corrected chi connectivity index (χ2v) is 8.45. The first kappa shape index (κ1) is 21.0. The molecule has 2 aliphatic heterocycles. The van der Waals surface area contributed by atoms with E-state index in [9.17, 15) is 4.79 Å². The molecule has 2 heterocycles. The molecule has 30 heavy (non-hydrogen) atoms. The number of carbonyl (C=O) groups excluding carboxylic acids is 1. The summed E-state index contributed by atoms with van der Waals surface area (Å²) in [5, 5.41) is 0.895. The Morgan fingerprint density at radius 3 is 2.57 bits per heavy atom. The molecule has 2 aromatic carbocycles. The molecule has 0 saturated carbocycles. The van der Waals surface area contributed by atoms with Crippen molar-refractivity contribution in [3.8, 4) is 5.75 Å². The van der Waals surface area contributed by atoms with Crippen LogP contribution < -0.4 is 15.4 Å². The van der Waals surface area contributed by atoms with E-state index in [1.54, 1.807) is 29.2 Å². The maximum atomic E-state index is 13.0. The van der Waals surface area contributed by atoms with Gasteiger partial charge in [0.2, 0.25) is 0 Å². The first-order valence-electron chi connectivity index (χ1n) is 10.2. The lowest BCUT2D eigenvalue weighted by atomic mass is 10.1. The lowest BCUT2D eigenvalue weighted by molar-refractivity contribution is -0.112. The predicted molar refractivity (Wildman–Crippen MR) is 123 cm³/mol. The van der Waals surface area contributed by atoms with Crippen LogP contribution in [-0.2, 0) is 4.79 Å². The lowest BCUT2D eigenvalue weighted by Crippen LogP contribution is -2.33. The van der Waals surface area contributed by atoms with E-state index in [2.05, 4.69) is 4.90 Å². The number of hydrogen-bond donors (Lipinski definition) is 1. The zero-order valence-corrected chi connectivity index (χ0v) is 18.3. The minimum absolute atomic E-state index is 0.0857. The van der Waals surface area contributed by atoms with Gasteiger partial charge in [-0.1, -0.05) is 41.8 Å². The van der Waals surface area contributed by atoms with E-state index in [0.717, 1.165) is 30.9 Å². The van der Waals surface area contributed by atoms with Crippen molar-refractivity contribution in [2.24, 2.45) is 0 Å². The third-order valence-electron chi connectivity index (χ3n) is 5.61. The quantitative estimate of drug-likeness (QED) is 0.644. The number of likely N-dealkylation sites (tertiary alicyclic amines) is 1.